The average molecular weight is 360 g/mol. The summed E-state index contributed by atoms with van der Waals surface area (Å²) in [5, 5.41) is 2.98. The molecule has 0 saturated carbocycles. The largest absolute Gasteiger partial charge is 0.350 e. The van der Waals surface area contributed by atoms with Crippen molar-refractivity contribution in [3.05, 3.63) is 33.4 Å². The van der Waals surface area contributed by atoms with Crippen LogP contribution in [0.2, 0.25) is 0 Å². The SMILES string of the molecule is CCN(CC)C(C)CNC(=O)c1ccc(I)cc1. The van der Waals surface area contributed by atoms with E-state index in [1.165, 1.54) is 0 Å². The molecule has 0 saturated heterocycles. The van der Waals surface area contributed by atoms with Crippen molar-refractivity contribution in [3.8, 4) is 0 Å². The van der Waals surface area contributed by atoms with Crippen molar-refractivity contribution < 1.29 is 4.79 Å². The molecule has 18 heavy (non-hydrogen) atoms. The van der Waals surface area contributed by atoms with Crippen LogP contribution in [-0.2, 0) is 0 Å². The third-order valence-electron chi connectivity index (χ3n) is 3.10. The van der Waals surface area contributed by atoms with Crippen molar-refractivity contribution in [2.24, 2.45) is 0 Å². The van der Waals surface area contributed by atoms with Crippen LogP contribution in [-0.4, -0.2) is 36.5 Å². The zero-order valence-corrected chi connectivity index (χ0v) is 13.4. The van der Waals surface area contributed by atoms with Gasteiger partial charge in [0.25, 0.3) is 5.91 Å². The normalized spacial score (nSPS) is 12.5. The fourth-order valence-electron chi connectivity index (χ4n) is 1.92. The number of benzene rings is 1. The molecule has 1 unspecified atom stereocenters. The fraction of sp³-hybridized carbons (Fsp3) is 0.500. The number of nitrogens with zero attached hydrogens (tertiary/aromatic N) is 1. The summed E-state index contributed by atoms with van der Waals surface area (Å²) in [6.07, 6.45) is 0. The second-order valence-electron chi connectivity index (χ2n) is 4.29. The highest BCUT2D eigenvalue weighted by Crippen LogP contribution is 2.06. The van der Waals surface area contributed by atoms with Crippen molar-refractivity contribution in [1.29, 1.82) is 0 Å². The number of amides is 1. The number of halogens is 1. The first-order chi connectivity index (χ1) is 8.58. The maximum absolute atomic E-state index is 11.9. The zero-order chi connectivity index (χ0) is 13.5. The van der Waals surface area contributed by atoms with E-state index in [0.717, 1.165) is 22.2 Å². The molecular formula is C14H21IN2O. The highest BCUT2D eigenvalue weighted by Gasteiger charge is 2.12. The Morgan fingerprint density at radius 2 is 1.83 bits per heavy atom. The monoisotopic (exact) mass is 360 g/mol. The van der Waals surface area contributed by atoms with Gasteiger partial charge < -0.3 is 5.32 Å². The van der Waals surface area contributed by atoms with Gasteiger partial charge in [-0.3, -0.25) is 9.69 Å². The van der Waals surface area contributed by atoms with E-state index in [2.05, 4.69) is 53.6 Å². The summed E-state index contributed by atoms with van der Waals surface area (Å²) in [6, 6.07) is 7.98. The molecule has 1 atom stereocenters. The van der Waals surface area contributed by atoms with Crippen LogP contribution >= 0.6 is 22.6 Å². The van der Waals surface area contributed by atoms with Gasteiger partial charge in [0, 0.05) is 21.7 Å². The van der Waals surface area contributed by atoms with E-state index in [-0.39, 0.29) is 5.91 Å². The Kier molecular flexibility index (Phi) is 6.63. The van der Waals surface area contributed by atoms with E-state index in [9.17, 15) is 4.79 Å². The first-order valence-corrected chi connectivity index (χ1v) is 7.44. The first-order valence-electron chi connectivity index (χ1n) is 6.36. The van der Waals surface area contributed by atoms with Crippen molar-refractivity contribution in [1.82, 2.24) is 10.2 Å². The number of hydrogen-bond acceptors (Lipinski definition) is 2. The van der Waals surface area contributed by atoms with Gasteiger partial charge in [0.1, 0.15) is 0 Å². The molecule has 0 aromatic heterocycles. The molecular weight excluding hydrogens is 339 g/mol. The Morgan fingerprint density at radius 3 is 2.33 bits per heavy atom. The summed E-state index contributed by atoms with van der Waals surface area (Å²) in [7, 11) is 0. The third kappa shape index (κ3) is 4.57. The first kappa shape index (κ1) is 15.4. The summed E-state index contributed by atoms with van der Waals surface area (Å²) in [4.78, 5) is 14.3. The van der Waals surface area contributed by atoms with Crippen LogP contribution in [0.4, 0.5) is 0 Å². The molecule has 1 rings (SSSR count). The summed E-state index contributed by atoms with van der Waals surface area (Å²) in [5.74, 6) is 0.00501. The maximum atomic E-state index is 11.9. The number of carbonyl (C=O) groups is 1. The van der Waals surface area contributed by atoms with Gasteiger partial charge >= 0.3 is 0 Å². The standard InChI is InChI=1S/C14H21IN2O/c1-4-17(5-2)11(3)10-16-14(18)12-6-8-13(15)9-7-12/h6-9,11H,4-5,10H2,1-3H3,(H,16,18). The Labute approximate surface area is 123 Å². The molecule has 1 aromatic rings. The van der Waals surface area contributed by atoms with E-state index < -0.39 is 0 Å². The lowest BCUT2D eigenvalue weighted by Gasteiger charge is -2.26. The van der Waals surface area contributed by atoms with E-state index >= 15 is 0 Å². The average Bonchev–Trinajstić information content (AvgIpc) is 2.38. The molecule has 0 fully saturated rings. The molecule has 1 aromatic carbocycles. The van der Waals surface area contributed by atoms with Gasteiger partial charge in [-0.2, -0.15) is 0 Å². The van der Waals surface area contributed by atoms with Crippen molar-refractivity contribution >= 4 is 28.5 Å². The Hall–Kier alpha value is -0.620. The zero-order valence-electron chi connectivity index (χ0n) is 11.2. The lowest BCUT2D eigenvalue weighted by atomic mass is 10.2. The van der Waals surface area contributed by atoms with Crippen LogP contribution < -0.4 is 5.32 Å². The minimum Gasteiger partial charge on any atom is -0.350 e. The predicted molar refractivity (Wildman–Crippen MR) is 83.9 cm³/mol. The Balaban J connectivity index is 2.48. The number of nitrogens with one attached hydrogen (secondary N) is 1. The van der Waals surface area contributed by atoms with Gasteiger partial charge in [0.15, 0.2) is 0 Å². The van der Waals surface area contributed by atoms with Crippen LogP contribution in [0.3, 0.4) is 0 Å². The molecule has 0 aliphatic rings. The fourth-order valence-corrected chi connectivity index (χ4v) is 2.28. The molecule has 0 spiro atoms. The van der Waals surface area contributed by atoms with E-state index in [0.29, 0.717) is 12.6 Å². The highest BCUT2D eigenvalue weighted by molar-refractivity contribution is 14.1. The van der Waals surface area contributed by atoms with E-state index in [4.69, 9.17) is 0 Å². The van der Waals surface area contributed by atoms with E-state index in [1.54, 1.807) is 0 Å². The second kappa shape index (κ2) is 7.74. The Morgan fingerprint density at radius 1 is 1.28 bits per heavy atom. The topological polar surface area (TPSA) is 32.3 Å². The molecule has 3 nitrogen and oxygen atoms in total. The van der Waals surface area contributed by atoms with Crippen molar-refractivity contribution in [2.45, 2.75) is 26.8 Å². The molecule has 0 bridgehead atoms. The molecule has 0 radical (unpaired) electrons. The number of likely N-dealkylation sites (N-methyl/N-ethyl adjacent to an activating group) is 1. The minimum atomic E-state index is 0.00501. The van der Waals surface area contributed by atoms with Crippen LogP contribution in [0.25, 0.3) is 0 Å². The van der Waals surface area contributed by atoms with E-state index in [1.807, 2.05) is 24.3 Å². The molecule has 1 amide bonds. The van der Waals surface area contributed by atoms with Crippen LogP contribution in [0.5, 0.6) is 0 Å². The van der Waals surface area contributed by atoms with Gasteiger partial charge in [-0.1, -0.05) is 13.8 Å². The quantitative estimate of drug-likeness (QED) is 0.792. The summed E-state index contributed by atoms with van der Waals surface area (Å²) in [5.41, 5.74) is 0.724. The van der Waals surface area contributed by atoms with Gasteiger partial charge in [0.2, 0.25) is 0 Å². The summed E-state index contributed by atoms with van der Waals surface area (Å²) >= 11 is 2.23. The number of hydrogen-bond donors (Lipinski definition) is 1. The molecule has 100 valence electrons. The smallest absolute Gasteiger partial charge is 0.251 e. The van der Waals surface area contributed by atoms with Crippen molar-refractivity contribution in [2.75, 3.05) is 19.6 Å². The van der Waals surface area contributed by atoms with Crippen molar-refractivity contribution in [3.63, 3.8) is 0 Å². The highest BCUT2D eigenvalue weighted by atomic mass is 127. The summed E-state index contributed by atoms with van der Waals surface area (Å²) < 4.78 is 1.14. The molecule has 0 aliphatic carbocycles. The molecule has 1 N–H and O–H groups in total. The minimum absolute atomic E-state index is 0.00501. The van der Waals surface area contributed by atoms with Crippen LogP contribution in [0.1, 0.15) is 31.1 Å². The van der Waals surface area contributed by atoms with Gasteiger partial charge in [-0.25, -0.2) is 0 Å². The number of carbonyl (C=O) groups excluding carboxylic acids is 1. The predicted octanol–water partition coefficient (Wildman–Crippen LogP) is 2.75. The van der Waals surface area contributed by atoms with Crippen LogP contribution in [0.15, 0.2) is 24.3 Å². The van der Waals surface area contributed by atoms with Gasteiger partial charge in [-0.15, -0.1) is 0 Å². The molecule has 4 heteroatoms. The van der Waals surface area contributed by atoms with Crippen LogP contribution in [0, 0.1) is 3.57 Å². The summed E-state index contributed by atoms with van der Waals surface area (Å²) in [6.45, 7) is 9.13. The molecule has 0 aliphatic heterocycles. The second-order valence-corrected chi connectivity index (χ2v) is 5.53. The number of rotatable bonds is 6. The Bertz CT molecular complexity index is 374. The lowest BCUT2D eigenvalue weighted by molar-refractivity contribution is 0.0938. The maximum Gasteiger partial charge on any atom is 0.251 e. The van der Waals surface area contributed by atoms with Gasteiger partial charge in [0.05, 0.1) is 0 Å². The third-order valence-corrected chi connectivity index (χ3v) is 3.82. The van der Waals surface area contributed by atoms with Gasteiger partial charge in [-0.05, 0) is 66.9 Å². The molecule has 0 heterocycles. The lowest BCUT2D eigenvalue weighted by Crippen LogP contribution is -2.41.